The van der Waals surface area contributed by atoms with E-state index < -0.39 is 11.4 Å². The first kappa shape index (κ1) is 12.0. The van der Waals surface area contributed by atoms with Crippen LogP contribution in [0.2, 0.25) is 5.02 Å². The maximum Gasteiger partial charge on any atom is 0.309 e. The van der Waals surface area contributed by atoms with Crippen molar-refractivity contribution in [1.82, 2.24) is 0 Å². The second kappa shape index (κ2) is 4.08. The van der Waals surface area contributed by atoms with Gasteiger partial charge < -0.3 is 9.52 Å². The van der Waals surface area contributed by atoms with Gasteiger partial charge >= 0.3 is 5.97 Å². The Morgan fingerprint density at radius 1 is 1.47 bits per heavy atom. The fraction of sp³-hybridized carbons (Fsp3) is 0.308. The minimum Gasteiger partial charge on any atom is -0.481 e. The molecule has 2 rings (SSSR count). The highest BCUT2D eigenvalue weighted by molar-refractivity contribution is 6.35. The lowest BCUT2D eigenvalue weighted by Crippen LogP contribution is -2.25. The zero-order valence-electron chi connectivity index (χ0n) is 9.66. The second-order valence-corrected chi connectivity index (χ2v) is 5.14. The molecular weight excluding hydrogens is 240 g/mol. The maximum absolute atomic E-state index is 11.0. The van der Waals surface area contributed by atoms with Crippen LogP contribution in [0.15, 0.2) is 28.7 Å². The quantitative estimate of drug-likeness (QED) is 0.905. The number of hydrogen-bond acceptors (Lipinski definition) is 2. The fourth-order valence-corrected chi connectivity index (χ4v) is 1.90. The van der Waals surface area contributed by atoms with E-state index in [4.69, 9.17) is 21.1 Å². The topological polar surface area (TPSA) is 50.4 Å². The van der Waals surface area contributed by atoms with Crippen LogP contribution in [0.5, 0.6) is 0 Å². The molecule has 0 spiro atoms. The Balaban J connectivity index is 2.38. The van der Waals surface area contributed by atoms with Crippen LogP contribution in [-0.2, 0) is 11.2 Å². The first-order chi connectivity index (χ1) is 7.90. The largest absolute Gasteiger partial charge is 0.481 e. The van der Waals surface area contributed by atoms with Gasteiger partial charge in [-0.25, -0.2) is 0 Å². The normalized spacial score (nSPS) is 11.9. The predicted octanol–water partition coefficient (Wildman–Crippen LogP) is 3.74. The van der Waals surface area contributed by atoms with Gasteiger partial charge in [0.2, 0.25) is 0 Å². The van der Waals surface area contributed by atoms with Crippen molar-refractivity contribution < 1.29 is 14.3 Å². The van der Waals surface area contributed by atoms with Crippen LogP contribution in [0.25, 0.3) is 11.0 Å². The Labute approximate surface area is 104 Å². The predicted molar refractivity (Wildman–Crippen MR) is 66.3 cm³/mol. The average molecular weight is 253 g/mol. The lowest BCUT2D eigenvalue weighted by atomic mass is 9.88. The van der Waals surface area contributed by atoms with Crippen LogP contribution < -0.4 is 0 Å². The van der Waals surface area contributed by atoms with Crippen LogP contribution in [-0.4, -0.2) is 11.1 Å². The maximum atomic E-state index is 11.0. The minimum atomic E-state index is -0.847. The van der Waals surface area contributed by atoms with Gasteiger partial charge in [-0.15, -0.1) is 0 Å². The number of carboxylic acids is 1. The molecule has 17 heavy (non-hydrogen) atoms. The summed E-state index contributed by atoms with van der Waals surface area (Å²) in [4.78, 5) is 11.0. The molecule has 0 atom stereocenters. The van der Waals surface area contributed by atoms with Crippen LogP contribution >= 0.6 is 11.6 Å². The first-order valence-corrected chi connectivity index (χ1v) is 5.68. The highest BCUT2D eigenvalue weighted by Crippen LogP contribution is 2.30. The van der Waals surface area contributed by atoms with Crippen LogP contribution in [0.4, 0.5) is 0 Å². The van der Waals surface area contributed by atoms with Crippen LogP contribution in [0.1, 0.15) is 19.6 Å². The van der Waals surface area contributed by atoms with Gasteiger partial charge in [-0.3, -0.25) is 4.79 Å². The fourth-order valence-electron chi connectivity index (χ4n) is 1.68. The lowest BCUT2D eigenvalue weighted by Gasteiger charge is -2.16. The molecule has 0 aliphatic carbocycles. The summed E-state index contributed by atoms with van der Waals surface area (Å²) < 4.78 is 5.59. The van der Waals surface area contributed by atoms with Crippen molar-refractivity contribution in [3.8, 4) is 0 Å². The number of halogens is 1. The Hall–Kier alpha value is -1.48. The molecule has 0 aliphatic heterocycles. The molecule has 0 amide bonds. The molecule has 4 heteroatoms. The summed E-state index contributed by atoms with van der Waals surface area (Å²) in [5, 5.41) is 10.5. The van der Waals surface area contributed by atoms with E-state index in [0.717, 1.165) is 5.39 Å². The number of rotatable bonds is 3. The number of fused-ring (bicyclic) bond motifs is 1. The summed E-state index contributed by atoms with van der Waals surface area (Å²) in [6.45, 7) is 3.34. The number of benzene rings is 1. The second-order valence-electron chi connectivity index (χ2n) is 4.73. The summed E-state index contributed by atoms with van der Waals surface area (Å²) in [6.07, 6.45) is 0.341. The van der Waals surface area contributed by atoms with Crippen molar-refractivity contribution in [2.45, 2.75) is 20.3 Å². The van der Waals surface area contributed by atoms with E-state index in [9.17, 15) is 4.79 Å². The molecule has 0 aliphatic rings. The average Bonchev–Trinajstić information content (AvgIpc) is 2.60. The van der Waals surface area contributed by atoms with Crippen molar-refractivity contribution in [3.63, 3.8) is 0 Å². The van der Waals surface area contributed by atoms with Crippen molar-refractivity contribution >= 4 is 28.5 Å². The SMILES string of the molecule is CC(C)(Cc1cc2c(Cl)cccc2o1)C(=O)O. The zero-order valence-corrected chi connectivity index (χ0v) is 10.4. The smallest absolute Gasteiger partial charge is 0.309 e. The van der Waals surface area contributed by atoms with E-state index in [1.807, 2.05) is 12.1 Å². The molecule has 0 radical (unpaired) electrons. The molecule has 0 unspecified atom stereocenters. The molecule has 1 N–H and O–H groups in total. The van der Waals surface area contributed by atoms with Crippen molar-refractivity contribution in [2.24, 2.45) is 5.41 Å². The standard InChI is InChI=1S/C13H13ClO3/c1-13(2,12(15)16)7-8-6-9-10(14)4-3-5-11(9)17-8/h3-6H,7H2,1-2H3,(H,15,16). The molecule has 1 heterocycles. The minimum absolute atomic E-state index is 0.341. The number of carbonyl (C=O) groups is 1. The molecule has 2 aromatic rings. The van der Waals surface area contributed by atoms with Crippen molar-refractivity contribution in [1.29, 1.82) is 0 Å². The summed E-state index contributed by atoms with van der Waals surface area (Å²) in [5.74, 6) is -0.204. The Kier molecular flexibility index (Phi) is 2.87. The van der Waals surface area contributed by atoms with E-state index in [0.29, 0.717) is 22.8 Å². The van der Waals surface area contributed by atoms with Gasteiger partial charge in [0.25, 0.3) is 0 Å². The van der Waals surface area contributed by atoms with E-state index in [2.05, 4.69) is 0 Å². The number of carboxylic acid groups (broad SMARTS) is 1. The molecule has 0 fully saturated rings. The Bertz CT molecular complexity index is 569. The van der Waals surface area contributed by atoms with E-state index in [-0.39, 0.29) is 0 Å². The van der Waals surface area contributed by atoms with Crippen molar-refractivity contribution in [2.75, 3.05) is 0 Å². The van der Waals surface area contributed by atoms with E-state index in [1.54, 1.807) is 26.0 Å². The lowest BCUT2D eigenvalue weighted by molar-refractivity contribution is -0.147. The zero-order chi connectivity index (χ0) is 12.6. The monoisotopic (exact) mass is 252 g/mol. The molecule has 1 aromatic heterocycles. The first-order valence-electron chi connectivity index (χ1n) is 5.30. The van der Waals surface area contributed by atoms with Gasteiger partial charge in [-0.1, -0.05) is 17.7 Å². The number of furan rings is 1. The third-order valence-electron chi connectivity index (χ3n) is 2.75. The van der Waals surface area contributed by atoms with E-state index in [1.165, 1.54) is 0 Å². The highest BCUT2D eigenvalue weighted by Gasteiger charge is 2.29. The van der Waals surface area contributed by atoms with Gasteiger partial charge in [-0.05, 0) is 32.0 Å². The van der Waals surface area contributed by atoms with E-state index >= 15 is 0 Å². The molecule has 3 nitrogen and oxygen atoms in total. The summed E-state index contributed by atoms with van der Waals surface area (Å²) in [7, 11) is 0. The van der Waals surface area contributed by atoms with Crippen molar-refractivity contribution in [3.05, 3.63) is 35.0 Å². The van der Waals surface area contributed by atoms with Crippen LogP contribution in [0, 0.1) is 5.41 Å². The molecule has 90 valence electrons. The summed E-state index contributed by atoms with van der Waals surface area (Å²) >= 11 is 6.03. The van der Waals surface area contributed by atoms with Gasteiger partial charge in [0.1, 0.15) is 11.3 Å². The van der Waals surface area contributed by atoms with Gasteiger partial charge in [-0.2, -0.15) is 0 Å². The third kappa shape index (κ3) is 2.29. The van der Waals surface area contributed by atoms with Gasteiger partial charge in [0.15, 0.2) is 0 Å². The third-order valence-corrected chi connectivity index (χ3v) is 3.08. The summed E-state index contributed by atoms with van der Waals surface area (Å²) in [6, 6.07) is 7.21. The molecule has 0 saturated carbocycles. The molecule has 1 aromatic carbocycles. The van der Waals surface area contributed by atoms with Gasteiger partial charge in [0, 0.05) is 11.8 Å². The van der Waals surface area contributed by atoms with Gasteiger partial charge in [0.05, 0.1) is 10.4 Å². The van der Waals surface area contributed by atoms with Crippen LogP contribution in [0.3, 0.4) is 0 Å². The Morgan fingerprint density at radius 3 is 2.76 bits per heavy atom. The molecule has 0 saturated heterocycles. The summed E-state index contributed by atoms with van der Waals surface area (Å²) in [5.41, 5.74) is -0.158. The number of aliphatic carboxylic acids is 1. The number of hydrogen-bond donors (Lipinski definition) is 1. The Morgan fingerprint density at radius 2 is 2.18 bits per heavy atom. The highest BCUT2D eigenvalue weighted by atomic mass is 35.5. The molecular formula is C13H13ClO3. The molecule has 0 bridgehead atoms.